The Morgan fingerprint density at radius 1 is 1.35 bits per heavy atom. The zero-order valence-corrected chi connectivity index (χ0v) is 10.4. The molecule has 0 aromatic heterocycles. The van der Waals surface area contributed by atoms with E-state index < -0.39 is 0 Å². The van der Waals surface area contributed by atoms with Crippen LogP contribution in [0.3, 0.4) is 0 Å². The standard InChI is InChI=1S/C12H19N3O2/c1-10-3-4-11(12(9-10)15(16)17)14-7-5-13(2)6-8-14/h4,9-10H,3,5-8H2,1-2H3. The molecule has 1 saturated heterocycles. The molecule has 1 heterocycles. The molecule has 1 aliphatic carbocycles. The van der Waals surface area contributed by atoms with Crippen LogP contribution in [0.4, 0.5) is 0 Å². The van der Waals surface area contributed by atoms with E-state index in [-0.39, 0.29) is 16.5 Å². The Balaban J connectivity index is 2.14. The number of nitro groups is 1. The summed E-state index contributed by atoms with van der Waals surface area (Å²) in [6.07, 6.45) is 4.71. The lowest BCUT2D eigenvalue weighted by molar-refractivity contribution is -0.423. The highest BCUT2D eigenvalue weighted by Crippen LogP contribution is 2.26. The molecule has 5 nitrogen and oxygen atoms in total. The number of allylic oxidation sites excluding steroid dienone is 2. The van der Waals surface area contributed by atoms with Gasteiger partial charge < -0.3 is 9.80 Å². The second kappa shape index (κ2) is 4.87. The van der Waals surface area contributed by atoms with E-state index in [0.29, 0.717) is 0 Å². The van der Waals surface area contributed by atoms with E-state index in [0.717, 1.165) is 38.3 Å². The number of piperazine rings is 1. The number of hydrogen-bond acceptors (Lipinski definition) is 4. The molecule has 1 fully saturated rings. The topological polar surface area (TPSA) is 49.6 Å². The minimum absolute atomic E-state index is 0.250. The van der Waals surface area contributed by atoms with Crippen molar-refractivity contribution in [2.45, 2.75) is 13.3 Å². The molecule has 5 heteroatoms. The number of hydrogen-bond donors (Lipinski definition) is 0. The first-order valence-electron chi connectivity index (χ1n) is 6.08. The van der Waals surface area contributed by atoms with E-state index in [1.54, 1.807) is 6.08 Å². The van der Waals surface area contributed by atoms with Crippen molar-refractivity contribution >= 4 is 0 Å². The van der Waals surface area contributed by atoms with Crippen molar-refractivity contribution in [2.75, 3.05) is 33.2 Å². The second-order valence-corrected chi connectivity index (χ2v) is 4.90. The van der Waals surface area contributed by atoms with Crippen LogP contribution in [0.25, 0.3) is 0 Å². The SMILES string of the molecule is CC1C=C([N+](=O)[O-])C(N2CCN(C)CC2)=CC1. The van der Waals surface area contributed by atoms with Gasteiger partial charge in [0.15, 0.2) is 0 Å². The van der Waals surface area contributed by atoms with Crippen LogP contribution >= 0.6 is 0 Å². The van der Waals surface area contributed by atoms with Crippen LogP contribution in [0, 0.1) is 16.0 Å². The van der Waals surface area contributed by atoms with Crippen molar-refractivity contribution < 1.29 is 4.92 Å². The molecular formula is C12H19N3O2. The van der Waals surface area contributed by atoms with Crippen molar-refractivity contribution in [1.29, 1.82) is 0 Å². The Labute approximate surface area is 102 Å². The van der Waals surface area contributed by atoms with Gasteiger partial charge in [-0.05, 0) is 25.5 Å². The van der Waals surface area contributed by atoms with E-state index in [1.165, 1.54) is 0 Å². The molecule has 0 bridgehead atoms. The van der Waals surface area contributed by atoms with Gasteiger partial charge in [-0.3, -0.25) is 10.1 Å². The Hall–Kier alpha value is -1.36. The van der Waals surface area contributed by atoms with Crippen molar-refractivity contribution in [1.82, 2.24) is 9.80 Å². The molecule has 1 aliphatic heterocycles. The highest BCUT2D eigenvalue weighted by Gasteiger charge is 2.28. The number of nitrogens with zero attached hydrogens (tertiary/aromatic N) is 3. The van der Waals surface area contributed by atoms with Gasteiger partial charge in [-0.2, -0.15) is 0 Å². The Morgan fingerprint density at radius 3 is 2.59 bits per heavy atom. The van der Waals surface area contributed by atoms with Crippen LogP contribution in [0.1, 0.15) is 13.3 Å². The van der Waals surface area contributed by atoms with Crippen LogP contribution in [0.5, 0.6) is 0 Å². The molecule has 0 amide bonds. The van der Waals surface area contributed by atoms with Crippen LogP contribution in [-0.4, -0.2) is 47.9 Å². The summed E-state index contributed by atoms with van der Waals surface area (Å²) in [6, 6.07) is 0. The van der Waals surface area contributed by atoms with Gasteiger partial charge in [-0.25, -0.2) is 0 Å². The van der Waals surface area contributed by atoms with Gasteiger partial charge in [0.05, 0.1) is 4.92 Å². The summed E-state index contributed by atoms with van der Waals surface area (Å²) in [5.74, 6) is 0.270. The molecule has 0 spiro atoms. The monoisotopic (exact) mass is 237 g/mol. The third-order valence-corrected chi connectivity index (χ3v) is 3.43. The molecule has 1 atom stereocenters. The van der Waals surface area contributed by atoms with Crippen molar-refractivity contribution in [2.24, 2.45) is 5.92 Å². The smallest absolute Gasteiger partial charge is 0.288 e. The van der Waals surface area contributed by atoms with Gasteiger partial charge in [0.1, 0.15) is 5.70 Å². The fourth-order valence-electron chi connectivity index (χ4n) is 2.32. The van der Waals surface area contributed by atoms with Gasteiger partial charge >= 0.3 is 0 Å². The lowest BCUT2D eigenvalue weighted by Gasteiger charge is -2.35. The Kier molecular flexibility index (Phi) is 3.47. The zero-order valence-electron chi connectivity index (χ0n) is 10.4. The molecule has 0 aromatic rings. The van der Waals surface area contributed by atoms with Gasteiger partial charge in [-0.15, -0.1) is 0 Å². The summed E-state index contributed by atoms with van der Waals surface area (Å²) in [5, 5.41) is 11.1. The van der Waals surface area contributed by atoms with Gasteiger partial charge in [0, 0.05) is 26.2 Å². The van der Waals surface area contributed by atoms with Crippen LogP contribution in [-0.2, 0) is 0 Å². The predicted molar refractivity (Wildman–Crippen MR) is 66.0 cm³/mol. The first kappa shape index (κ1) is 12.1. The normalized spacial score (nSPS) is 26.5. The summed E-state index contributed by atoms with van der Waals surface area (Å²) in [7, 11) is 2.08. The van der Waals surface area contributed by atoms with E-state index in [1.807, 2.05) is 13.0 Å². The molecule has 17 heavy (non-hydrogen) atoms. The molecular weight excluding hydrogens is 218 g/mol. The summed E-state index contributed by atoms with van der Waals surface area (Å²) in [6.45, 7) is 5.71. The average Bonchev–Trinajstić information content (AvgIpc) is 2.30. The molecule has 0 radical (unpaired) electrons. The van der Waals surface area contributed by atoms with Crippen LogP contribution in [0.2, 0.25) is 0 Å². The van der Waals surface area contributed by atoms with Crippen molar-refractivity contribution in [3.63, 3.8) is 0 Å². The second-order valence-electron chi connectivity index (χ2n) is 4.90. The maximum absolute atomic E-state index is 11.1. The highest BCUT2D eigenvalue weighted by atomic mass is 16.6. The van der Waals surface area contributed by atoms with E-state index >= 15 is 0 Å². The van der Waals surface area contributed by atoms with Crippen molar-refractivity contribution in [3.8, 4) is 0 Å². The number of likely N-dealkylation sites (N-methyl/N-ethyl adjacent to an activating group) is 1. The summed E-state index contributed by atoms with van der Waals surface area (Å²) >= 11 is 0. The fraction of sp³-hybridized carbons (Fsp3) is 0.667. The Morgan fingerprint density at radius 2 is 2.00 bits per heavy atom. The summed E-state index contributed by atoms with van der Waals surface area (Å²) in [5.41, 5.74) is 1.11. The molecule has 94 valence electrons. The van der Waals surface area contributed by atoms with Crippen LogP contribution in [0.15, 0.2) is 23.5 Å². The third-order valence-electron chi connectivity index (χ3n) is 3.43. The molecule has 2 aliphatic rings. The van der Waals surface area contributed by atoms with Gasteiger partial charge in [-0.1, -0.05) is 13.0 Å². The van der Waals surface area contributed by atoms with Crippen molar-refractivity contribution in [3.05, 3.63) is 33.7 Å². The lowest BCUT2D eigenvalue weighted by atomic mass is 9.98. The Bertz CT molecular complexity index is 368. The number of rotatable bonds is 2. The van der Waals surface area contributed by atoms with Crippen LogP contribution < -0.4 is 0 Å². The quantitative estimate of drug-likeness (QED) is 0.537. The first-order chi connectivity index (χ1) is 8.08. The minimum Gasteiger partial charge on any atom is -0.364 e. The maximum Gasteiger partial charge on any atom is 0.288 e. The molecule has 2 rings (SSSR count). The third kappa shape index (κ3) is 2.66. The van der Waals surface area contributed by atoms with E-state index in [4.69, 9.17) is 0 Å². The zero-order chi connectivity index (χ0) is 12.4. The molecule has 1 unspecified atom stereocenters. The predicted octanol–water partition coefficient (Wildman–Crippen LogP) is 1.32. The molecule has 0 N–H and O–H groups in total. The highest BCUT2D eigenvalue weighted by molar-refractivity contribution is 5.28. The van der Waals surface area contributed by atoms with E-state index in [9.17, 15) is 10.1 Å². The average molecular weight is 237 g/mol. The van der Waals surface area contributed by atoms with Gasteiger partial charge in [0.25, 0.3) is 5.70 Å². The molecule has 0 saturated carbocycles. The summed E-state index contributed by atoms with van der Waals surface area (Å²) in [4.78, 5) is 15.2. The lowest BCUT2D eigenvalue weighted by Crippen LogP contribution is -2.44. The molecule has 0 aromatic carbocycles. The maximum atomic E-state index is 11.1. The fourth-order valence-corrected chi connectivity index (χ4v) is 2.32. The summed E-state index contributed by atoms with van der Waals surface area (Å²) < 4.78 is 0. The first-order valence-corrected chi connectivity index (χ1v) is 6.08. The largest absolute Gasteiger partial charge is 0.364 e. The van der Waals surface area contributed by atoms with Gasteiger partial charge in [0.2, 0.25) is 0 Å². The minimum atomic E-state index is -0.250. The van der Waals surface area contributed by atoms with E-state index in [2.05, 4.69) is 16.8 Å².